The van der Waals surface area contributed by atoms with Gasteiger partial charge in [-0.25, -0.2) is 0 Å². The summed E-state index contributed by atoms with van der Waals surface area (Å²) in [6, 6.07) is 7.10. The topological polar surface area (TPSA) is 96.2 Å². The highest BCUT2D eigenvalue weighted by Crippen LogP contribution is 2.51. The fourth-order valence-electron chi connectivity index (χ4n) is 3.52. The summed E-state index contributed by atoms with van der Waals surface area (Å²) in [4.78, 5) is 13.1. The molecule has 0 spiro atoms. The van der Waals surface area contributed by atoms with Crippen molar-refractivity contribution >= 4 is 23.1 Å². The van der Waals surface area contributed by atoms with Crippen molar-refractivity contribution in [2.45, 2.75) is 31.8 Å². The molecule has 1 unspecified atom stereocenters. The molecule has 9 heteroatoms. The van der Waals surface area contributed by atoms with Crippen LogP contribution >= 0.6 is 11.8 Å². The molecule has 0 bridgehead atoms. The second-order valence-corrected chi connectivity index (χ2v) is 9.07. The van der Waals surface area contributed by atoms with Gasteiger partial charge >= 0.3 is 0 Å². The van der Waals surface area contributed by atoms with Gasteiger partial charge in [-0.05, 0) is 56.2 Å². The van der Waals surface area contributed by atoms with Crippen LogP contribution in [-0.2, 0) is 4.79 Å². The van der Waals surface area contributed by atoms with Gasteiger partial charge in [0.25, 0.3) is 0 Å². The zero-order valence-electron chi connectivity index (χ0n) is 20.2. The van der Waals surface area contributed by atoms with Gasteiger partial charge in [-0.15, -0.1) is 0 Å². The summed E-state index contributed by atoms with van der Waals surface area (Å²) >= 11 is 0.711. The summed E-state index contributed by atoms with van der Waals surface area (Å²) in [7, 11) is 6.01. The quantitative estimate of drug-likeness (QED) is 0.511. The number of carbonyl (C=O) groups is 1. The van der Waals surface area contributed by atoms with Gasteiger partial charge in [-0.3, -0.25) is 4.79 Å². The molecule has 0 fully saturated rings. The van der Waals surface area contributed by atoms with Crippen molar-refractivity contribution in [1.82, 2.24) is 0 Å². The minimum absolute atomic E-state index is 0.251. The van der Waals surface area contributed by atoms with E-state index < -0.39 is 11.0 Å². The lowest BCUT2D eigenvalue weighted by atomic mass is 9.95. The normalized spacial score (nSPS) is 15.2. The summed E-state index contributed by atoms with van der Waals surface area (Å²) in [6.45, 7) is 5.80. The zero-order chi connectivity index (χ0) is 25.0. The molecule has 0 aliphatic carbocycles. The Balaban J connectivity index is 2.32. The van der Waals surface area contributed by atoms with E-state index in [1.807, 2.05) is 32.2 Å². The van der Waals surface area contributed by atoms with Crippen LogP contribution in [0.2, 0.25) is 0 Å². The van der Waals surface area contributed by atoms with Gasteiger partial charge < -0.3 is 28.4 Å². The molecule has 0 saturated carbocycles. The molecule has 8 nitrogen and oxygen atoms in total. The van der Waals surface area contributed by atoms with E-state index in [-0.39, 0.29) is 17.3 Å². The number of ketones is 1. The van der Waals surface area contributed by atoms with Gasteiger partial charge in [0.15, 0.2) is 23.0 Å². The Kier molecular flexibility index (Phi) is 7.52. The molecule has 34 heavy (non-hydrogen) atoms. The van der Waals surface area contributed by atoms with Gasteiger partial charge in [0.05, 0.1) is 28.4 Å². The van der Waals surface area contributed by atoms with Crippen molar-refractivity contribution in [3.05, 3.63) is 41.5 Å². The van der Waals surface area contributed by atoms with Crippen LogP contribution in [0, 0.1) is 10.7 Å². The minimum Gasteiger partial charge on any atom is -0.493 e. The van der Waals surface area contributed by atoms with E-state index in [0.717, 1.165) is 0 Å². The van der Waals surface area contributed by atoms with Crippen LogP contribution in [0.5, 0.6) is 34.5 Å². The van der Waals surface area contributed by atoms with E-state index in [9.17, 15) is 10.1 Å². The Labute approximate surface area is 203 Å². The molecular weight excluding hydrogens is 458 g/mol. The number of fused-ring (bicyclic) bond motifs is 1. The Hall–Kier alpha value is -3.51. The average Bonchev–Trinajstić information content (AvgIpc) is 2.93. The number of thiocyanates is 1. The molecule has 2 aromatic carbocycles. The SMILES string of the molecule is COc1ccc(C2=CC(=O)C(SC#N)Oc3c2cc(OC)c(OC)c3OC)cc1OC(C)(C)C. The molecule has 180 valence electrons. The van der Waals surface area contributed by atoms with Crippen LogP contribution in [0.3, 0.4) is 0 Å². The van der Waals surface area contributed by atoms with Crippen LogP contribution in [0.4, 0.5) is 0 Å². The van der Waals surface area contributed by atoms with E-state index in [4.69, 9.17) is 28.4 Å². The summed E-state index contributed by atoms with van der Waals surface area (Å²) in [5, 5.41) is 11.2. The van der Waals surface area contributed by atoms with E-state index >= 15 is 0 Å². The number of nitrogens with zero attached hydrogens (tertiary/aromatic N) is 1. The average molecular weight is 486 g/mol. The summed E-state index contributed by atoms with van der Waals surface area (Å²) in [6.07, 6.45) is 1.45. The molecular formula is C25H27NO7S. The molecule has 0 aromatic heterocycles. The number of hydrogen-bond donors (Lipinski definition) is 0. The number of thioether (sulfide) groups is 1. The van der Waals surface area contributed by atoms with Gasteiger partial charge in [-0.2, -0.15) is 5.26 Å². The van der Waals surface area contributed by atoms with Gasteiger partial charge in [-0.1, -0.05) is 6.07 Å². The van der Waals surface area contributed by atoms with E-state index in [1.54, 1.807) is 25.3 Å². The smallest absolute Gasteiger partial charge is 0.220 e. The molecule has 0 saturated heterocycles. The molecule has 0 radical (unpaired) electrons. The lowest BCUT2D eigenvalue weighted by Crippen LogP contribution is -2.23. The highest BCUT2D eigenvalue weighted by molar-refractivity contribution is 8.04. The number of ether oxygens (including phenoxy) is 6. The van der Waals surface area contributed by atoms with Crippen molar-refractivity contribution < 1.29 is 33.2 Å². The van der Waals surface area contributed by atoms with Gasteiger partial charge in [0, 0.05) is 17.3 Å². The fourth-order valence-corrected chi connectivity index (χ4v) is 3.95. The van der Waals surface area contributed by atoms with Crippen LogP contribution in [0.15, 0.2) is 30.3 Å². The van der Waals surface area contributed by atoms with Crippen LogP contribution in [0.1, 0.15) is 31.9 Å². The number of hydrogen-bond acceptors (Lipinski definition) is 9. The molecule has 1 atom stereocenters. The highest BCUT2D eigenvalue weighted by Gasteiger charge is 2.33. The standard InChI is InChI=1S/C25H27NO7S/c1-25(2,3)33-19-10-14(8-9-18(19)28-4)15-11-17(27)24(34-13-26)32-21-16(15)12-20(29-5)22(30-6)23(21)31-7/h8-12,24H,1-7H3. The summed E-state index contributed by atoms with van der Waals surface area (Å²) in [5.74, 6) is 1.91. The largest absolute Gasteiger partial charge is 0.493 e. The fraction of sp³-hybridized carbons (Fsp3) is 0.360. The molecule has 1 aliphatic heterocycles. The zero-order valence-corrected chi connectivity index (χ0v) is 21.0. The minimum atomic E-state index is -1.09. The van der Waals surface area contributed by atoms with E-state index in [0.29, 0.717) is 51.5 Å². The van der Waals surface area contributed by atoms with E-state index in [2.05, 4.69) is 0 Å². The lowest BCUT2D eigenvalue weighted by molar-refractivity contribution is -0.117. The van der Waals surface area contributed by atoms with Crippen LogP contribution < -0.4 is 28.4 Å². The Morgan fingerprint density at radius 3 is 2.18 bits per heavy atom. The third-order valence-corrected chi connectivity index (χ3v) is 5.52. The maximum atomic E-state index is 13.1. The van der Waals surface area contributed by atoms with Crippen molar-refractivity contribution in [3.8, 4) is 39.9 Å². The summed E-state index contributed by atoms with van der Waals surface area (Å²) in [5.41, 5.74) is 0.193. The Bertz CT molecular complexity index is 1160. The van der Waals surface area contributed by atoms with Gasteiger partial charge in [0.2, 0.25) is 22.7 Å². The predicted octanol–water partition coefficient (Wildman–Crippen LogP) is 4.83. The van der Waals surface area contributed by atoms with Crippen molar-refractivity contribution in [2.24, 2.45) is 0 Å². The molecule has 1 aliphatic rings. The molecule has 3 rings (SSSR count). The summed E-state index contributed by atoms with van der Waals surface area (Å²) < 4.78 is 34.2. The first kappa shape index (κ1) is 25.1. The molecule has 1 heterocycles. The first-order chi connectivity index (χ1) is 16.2. The van der Waals surface area contributed by atoms with Crippen molar-refractivity contribution in [1.29, 1.82) is 5.26 Å². The number of benzene rings is 2. The lowest BCUT2D eigenvalue weighted by Gasteiger charge is -2.24. The van der Waals surface area contributed by atoms with E-state index in [1.165, 1.54) is 27.4 Å². The Morgan fingerprint density at radius 2 is 1.62 bits per heavy atom. The molecule has 0 amide bonds. The number of nitriles is 1. The van der Waals surface area contributed by atoms with Crippen LogP contribution in [-0.4, -0.2) is 45.3 Å². The third kappa shape index (κ3) is 5.02. The maximum Gasteiger partial charge on any atom is 0.220 e. The number of rotatable bonds is 7. The first-order valence-corrected chi connectivity index (χ1v) is 11.2. The van der Waals surface area contributed by atoms with Crippen molar-refractivity contribution in [2.75, 3.05) is 28.4 Å². The van der Waals surface area contributed by atoms with Gasteiger partial charge in [0.1, 0.15) is 11.0 Å². The Morgan fingerprint density at radius 1 is 0.941 bits per heavy atom. The monoisotopic (exact) mass is 485 g/mol. The second-order valence-electron chi connectivity index (χ2n) is 8.22. The second kappa shape index (κ2) is 10.2. The number of methoxy groups -OCH3 is 4. The van der Waals surface area contributed by atoms with Crippen LogP contribution in [0.25, 0.3) is 5.57 Å². The first-order valence-electron chi connectivity index (χ1n) is 10.3. The molecule has 0 N–H and O–H groups in total. The predicted molar refractivity (Wildman–Crippen MR) is 129 cm³/mol. The number of carbonyl (C=O) groups excluding carboxylic acids is 1. The third-order valence-electron chi connectivity index (χ3n) is 4.87. The highest BCUT2D eigenvalue weighted by atomic mass is 32.2. The molecule has 2 aromatic rings. The van der Waals surface area contributed by atoms with Crippen molar-refractivity contribution in [3.63, 3.8) is 0 Å². The maximum absolute atomic E-state index is 13.1.